The summed E-state index contributed by atoms with van der Waals surface area (Å²) >= 11 is 0. The molecule has 94 valence electrons. The second kappa shape index (κ2) is 7.44. The van der Waals surface area contributed by atoms with Crippen LogP contribution in [0.2, 0.25) is 0 Å². The van der Waals surface area contributed by atoms with E-state index >= 15 is 0 Å². The van der Waals surface area contributed by atoms with Gasteiger partial charge in [0, 0.05) is 39.7 Å². The Labute approximate surface area is 96.9 Å². The van der Waals surface area contributed by atoms with E-state index in [0.29, 0.717) is 18.9 Å². The van der Waals surface area contributed by atoms with Crippen molar-refractivity contribution >= 4 is 5.96 Å². The lowest BCUT2D eigenvalue weighted by Gasteiger charge is -2.24. The molecule has 1 fully saturated rings. The molecule has 0 spiro atoms. The van der Waals surface area contributed by atoms with Crippen LogP contribution in [-0.4, -0.2) is 57.9 Å². The lowest BCUT2D eigenvalue weighted by molar-refractivity contribution is 0.181. The van der Waals surface area contributed by atoms with E-state index in [2.05, 4.69) is 15.2 Å². The number of alkyl halides is 1. The Morgan fingerprint density at radius 1 is 1.62 bits per heavy atom. The molecule has 0 aromatic carbocycles. The molecule has 0 aromatic heterocycles. The zero-order valence-electron chi connectivity index (χ0n) is 10.2. The van der Waals surface area contributed by atoms with E-state index in [9.17, 15) is 4.39 Å². The molecule has 1 unspecified atom stereocenters. The van der Waals surface area contributed by atoms with Crippen LogP contribution in [-0.2, 0) is 4.74 Å². The molecule has 1 N–H and O–H groups in total. The van der Waals surface area contributed by atoms with Crippen LogP contribution in [0.4, 0.5) is 4.39 Å². The van der Waals surface area contributed by atoms with Gasteiger partial charge in [0.2, 0.25) is 0 Å². The molecule has 0 saturated carbocycles. The van der Waals surface area contributed by atoms with Crippen molar-refractivity contribution in [2.45, 2.75) is 12.8 Å². The predicted octanol–water partition coefficient (Wildman–Crippen LogP) is 0.890. The molecule has 5 heteroatoms. The van der Waals surface area contributed by atoms with E-state index in [1.54, 1.807) is 7.05 Å². The number of nitrogens with one attached hydrogen (secondary N) is 1. The first-order valence-corrected chi connectivity index (χ1v) is 5.83. The molecule has 1 saturated heterocycles. The molecule has 1 rings (SSSR count). The van der Waals surface area contributed by atoms with Gasteiger partial charge in [0.1, 0.15) is 0 Å². The highest BCUT2D eigenvalue weighted by Gasteiger charge is 2.18. The molecule has 1 aliphatic rings. The highest BCUT2D eigenvalue weighted by molar-refractivity contribution is 5.79. The zero-order chi connectivity index (χ0) is 11.8. The van der Waals surface area contributed by atoms with E-state index in [4.69, 9.17) is 4.74 Å². The molecule has 1 aliphatic heterocycles. The summed E-state index contributed by atoms with van der Waals surface area (Å²) in [4.78, 5) is 6.25. The van der Waals surface area contributed by atoms with Crippen molar-refractivity contribution < 1.29 is 9.13 Å². The third-order valence-corrected chi connectivity index (χ3v) is 2.72. The van der Waals surface area contributed by atoms with Crippen molar-refractivity contribution in [3.8, 4) is 0 Å². The van der Waals surface area contributed by atoms with Crippen molar-refractivity contribution in [2.75, 3.05) is 47.1 Å². The van der Waals surface area contributed by atoms with Crippen molar-refractivity contribution in [3.63, 3.8) is 0 Å². The molecule has 0 radical (unpaired) electrons. The van der Waals surface area contributed by atoms with Crippen LogP contribution >= 0.6 is 0 Å². The Morgan fingerprint density at radius 3 is 3.00 bits per heavy atom. The maximum Gasteiger partial charge on any atom is 0.193 e. The summed E-state index contributed by atoms with van der Waals surface area (Å²) in [7, 11) is 3.75. The lowest BCUT2D eigenvalue weighted by atomic mass is 10.1. The maximum absolute atomic E-state index is 12.0. The van der Waals surface area contributed by atoms with Gasteiger partial charge in [0.25, 0.3) is 0 Å². The molecule has 1 atom stereocenters. The lowest BCUT2D eigenvalue weighted by Crippen LogP contribution is -2.41. The van der Waals surface area contributed by atoms with Gasteiger partial charge in [-0.2, -0.15) is 0 Å². The Morgan fingerprint density at radius 2 is 2.44 bits per heavy atom. The molecule has 0 aliphatic carbocycles. The topological polar surface area (TPSA) is 36.9 Å². The molecule has 16 heavy (non-hydrogen) atoms. The Balaban J connectivity index is 2.27. The van der Waals surface area contributed by atoms with E-state index in [0.717, 1.165) is 32.1 Å². The first kappa shape index (κ1) is 13.2. The summed E-state index contributed by atoms with van der Waals surface area (Å²) < 4.78 is 17.3. The van der Waals surface area contributed by atoms with Crippen LogP contribution < -0.4 is 5.32 Å². The maximum atomic E-state index is 12.0. The van der Waals surface area contributed by atoms with Crippen molar-refractivity contribution in [1.29, 1.82) is 0 Å². The van der Waals surface area contributed by atoms with Crippen molar-refractivity contribution in [1.82, 2.24) is 10.2 Å². The van der Waals surface area contributed by atoms with Crippen LogP contribution in [0, 0.1) is 5.92 Å². The van der Waals surface area contributed by atoms with Gasteiger partial charge in [0.15, 0.2) is 5.96 Å². The van der Waals surface area contributed by atoms with Gasteiger partial charge >= 0.3 is 0 Å². The summed E-state index contributed by atoms with van der Waals surface area (Å²) in [6.07, 6.45) is 1.64. The Bertz CT molecular complexity index is 217. The van der Waals surface area contributed by atoms with E-state index < -0.39 is 0 Å². The van der Waals surface area contributed by atoms with E-state index in [1.165, 1.54) is 0 Å². The number of hydrogen-bond donors (Lipinski definition) is 1. The van der Waals surface area contributed by atoms with Gasteiger partial charge in [-0.05, 0) is 12.8 Å². The summed E-state index contributed by atoms with van der Waals surface area (Å²) in [6.45, 7) is 2.99. The van der Waals surface area contributed by atoms with Gasteiger partial charge in [-0.1, -0.05) is 0 Å². The van der Waals surface area contributed by atoms with Gasteiger partial charge in [-0.3, -0.25) is 9.38 Å². The highest BCUT2D eigenvalue weighted by Crippen LogP contribution is 2.13. The Kier molecular flexibility index (Phi) is 6.15. The van der Waals surface area contributed by atoms with E-state index in [-0.39, 0.29) is 6.67 Å². The molecule has 1 heterocycles. The second-order valence-electron chi connectivity index (χ2n) is 4.13. The van der Waals surface area contributed by atoms with Crippen LogP contribution in [0.5, 0.6) is 0 Å². The minimum Gasteiger partial charge on any atom is -0.381 e. The summed E-state index contributed by atoms with van der Waals surface area (Å²) in [5.74, 6) is 1.42. The SMILES string of the molecule is CN=C(NCCCF)N(C)CC1CCOC1. The largest absolute Gasteiger partial charge is 0.381 e. The smallest absolute Gasteiger partial charge is 0.193 e. The van der Waals surface area contributed by atoms with Gasteiger partial charge in [0.05, 0.1) is 13.3 Å². The molecular weight excluding hydrogens is 209 g/mol. The quantitative estimate of drug-likeness (QED) is 0.434. The summed E-state index contributed by atoms with van der Waals surface area (Å²) in [6, 6.07) is 0. The fourth-order valence-corrected chi connectivity index (χ4v) is 1.85. The fraction of sp³-hybridized carbons (Fsp3) is 0.909. The first-order chi connectivity index (χ1) is 7.77. The standard InChI is InChI=1S/C11H22FN3O/c1-13-11(14-6-3-5-12)15(2)8-10-4-7-16-9-10/h10H,3-9H2,1-2H3,(H,13,14). The average Bonchev–Trinajstić information content (AvgIpc) is 2.77. The fourth-order valence-electron chi connectivity index (χ4n) is 1.85. The normalized spacial score (nSPS) is 21.2. The molecule has 0 aromatic rings. The highest BCUT2D eigenvalue weighted by atomic mass is 19.1. The third-order valence-electron chi connectivity index (χ3n) is 2.72. The van der Waals surface area contributed by atoms with Crippen LogP contribution in [0.15, 0.2) is 4.99 Å². The van der Waals surface area contributed by atoms with Gasteiger partial charge in [-0.25, -0.2) is 0 Å². The summed E-state index contributed by atoms with van der Waals surface area (Å²) in [5.41, 5.74) is 0. The Hall–Kier alpha value is -0.840. The average molecular weight is 231 g/mol. The van der Waals surface area contributed by atoms with Crippen LogP contribution in [0.1, 0.15) is 12.8 Å². The number of ether oxygens (including phenoxy) is 1. The van der Waals surface area contributed by atoms with Crippen molar-refractivity contribution in [2.24, 2.45) is 10.9 Å². The number of nitrogens with zero attached hydrogens (tertiary/aromatic N) is 2. The molecule has 4 nitrogen and oxygen atoms in total. The molecule has 0 amide bonds. The molecule has 0 bridgehead atoms. The first-order valence-electron chi connectivity index (χ1n) is 5.83. The number of hydrogen-bond acceptors (Lipinski definition) is 2. The molecular formula is C11H22FN3O. The summed E-state index contributed by atoms with van der Waals surface area (Å²) in [5, 5.41) is 3.14. The van der Waals surface area contributed by atoms with Crippen LogP contribution in [0.3, 0.4) is 0 Å². The van der Waals surface area contributed by atoms with Gasteiger partial charge < -0.3 is 15.0 Å². The third kappa shape index (κ3) is 4.35. The van der Waals surface area contributed by atoms with E-state index in [1.807, 2.05) is 7.05 Å². The second-order valence-corrected chi connectivity index (χ2v) is 4.13. The minimum absolute atomic E-state index is 0.288. The number of aliphatic imine (C=N–C) groups is 1. The minimum atomic E-state index is -0.288. The monoisotopic (exact) mass is 231 g/mol. The zero-order valence-corrected chi connectivity index (χ0v) is 10.2. The number of halogens is 1. The van der Waals surface area contributed by atoms with Gasteiger partial charge in [-0.15, -0.1) is 0 Å². The number of rotatable bonds is 5. The van der Waals surface area contributed by atoms with Crippen molar-refractivity contribution in [3.05, 3.63) is 0 Å². The van der Waals surface area contributed by atoms with Crippen LogP contribution in [0.25, 0.3) is 0 Å². The number of guanidine groups is 1. The predicted molar refractivity (Wildman–Crippen MR) is 63.5 cm³/mol.